The fourth-order valence-electron chi connectivity index (χ4n) is 4.53. The molecule has 0 aliphatic carbocycles. The van der Waals surface area contributed by atoms with E-state index in [1.165, 1.54) is 17.1 Å². The molecule has 0 spiro atoms. The van der Waals surface area contributed by atoms with Crippen molar-refractivity contribution >= 4 is 21.7 Å². The highest BCUT2D eigenvalue weighted by Crippen LogP contribution is 2.41. The molecule has 41 heavy (non-hydrogen) atoms. The lowest BCUT2D eigenvalue weighted by Crippen LogP contribution is -2.44. The van der Waals surface area contributed by atoms with E-state index in [1.807, 2.05) is 69.3 Å². The first-order valence-corrected chi connectivity index (χ1v) is 14.9. The summed E-state index contributed by atoms with van der Waals surface area (Å²) in [6, 6.07) is 15.4. The lowest BCUT2D eigenvalue weighted by atomic mass is 10.0. The normalized spacial score (nSPS) is 14.3. The van der Waals surface area contributed by atoms with Gasteiger partial charge in [-0.3, -0.25) is 4.68 Å². The molecule has 0 amide bonds. The molecule has 2 aromatic heterocycles. The summed E-state index contributed by atoms with van der Waals surface area (Å²) in [5.74, 6) is 0.809. The van der Waals surface area contributed by atoms with E-state index in [2.05, 4.69) is 36.6 Å². The van der Waals surface area contributed by atoms with E-state index in [0.717, 1.165) is 43.0 Å². The number of hydrogen-bond donors (Lipinski definition) is 1. The summed E-state index contributed by atoms with van der Waals surface area (Å²) in [6.07, 6.45) is 2.45. The maximum atomic E-state index is 13.1. The lowest BCUT2D eigenvalue weighted by Gasteiger charge is -2.34. The number of nitrogens with one attached hydrogen (secondary N) is 1. The molecule has 1 fully saturated rings. The number of likely N-dealkylation sites (N-methyl/N-ethyl adjacent to an activating group) is 1. The highest BCUT2D eigenvalue weighted by atomic mass is 32.2. The third-order valence-electron chi connectivity index (χ3n) is 6.73. The lowest BCUT2D eigenvalue weighted by molar-refractivity contribution is 0.231. The van der Waals surface area contributed by atoms with Gasteiger partial charge < -0.3 is 19.3 Å². The van der Waals surface area contributed by atoms with Gasteiger partial charge in [0.2, 0.25) is 11.7 Å². The van der Waals surface area contributed by atoms with Gasteiger partial charge in [-0.25, -0.2) is 18.1 Å². The van der Waals surface area contributed by atoms with Gasteiger partial charge in [0, 0.05) is 50.7 Å². The second kappa shape index (κ2) is 11.8. The smallest absolute Gasteiger partial charge is 0.268 e. The topological polar surface area (TPSA) is 115 Å². The molecule has 0 saturated carbocycles. The maximum Gasteiger partial charge on any atom is 0.268 e. The van der Waals surface area contributed by atoms with Crippen LogP contribution in [-0.2, 0) is 17.1 Å². The molecule has 12 heteroatoms. The number of ether oxygens (including phenoxy) is 2. The van der Waals surface area contributed by atoms with Crippen LogP contribution in [-0.4, -0.2) is 72.4 Å². The second-order valence-electron chi connectivity index (χ2n) is 10.4. The highest BCUT2D eigenvalue weighted by molar-refractivity contribution is 7.92. The minimum Gasteiger partial charge on any atom is -0.484 e. The van der Waals surface area contributed by atoms with Crippen LogP contribution in [0, 0.1) is 6.92 Å². The Hall–Kier alpha value is -4.16. The SMILES string of the molecule is Cc1ccccc1-c1nc(NS(=O)(=O)c2cnn(C)c2)nc(Oc2ccc(N3CCN(C)CC3)cc2)c1OC(C)C. The first-order chi connectivity index (χ1) is 19.6. The molecule has 11 nitrogen and oxygen atoms in total. The number of rotatable bonds is 9. The Balaban J connectivity index is 1.55. The third-order valence-corrected chi connectivity index (χ3v) is 8.01. The summed E-state index contributed by atoms with van der Waals surface area (Å²) < 4.78 is 42.7. The van der Waals surface area contributed by atoms with Crippen molar-refractivity contribution in [2.24, 2.45) is 7.05 Å². The standard InChI is InChI=1S/C29H35N7O4S/c1-20(2)39-27-26(25-9-7-6-8-21(25)3)31-29(33-41(37,38)24-18-30-35(5)19-24)32-28(27)40-23-12-10-22(11-13-23)36-16-14-34(4)15-17-36/h6-13,18-20H,14-17H2,1-5H3,(H,31,32,33). The van der Waals surface area contributed by atoms with E-state index in [-0.39, 0.29) is 22.8 Å². The predicted octanol–water partition coefficient (Wildman–Crippen LogP) is 4.32. The van der Waals surface area contributed by atoms with Crippen molar-refractivity contribution in [2.75, 3.05) is 42.8 Å². The third kappa shape index (κ3) is 6.60. The van der Waals surface area contributed by atoms with Crippen LogP contribution in [0.1, 0.15) is 19.4 Å². The quantitative estimate of drug-likeness (QED) is 0.311. The van der Waals surface area contributed by atoms with Gasteiger partial charge in [0.1, 0.15) is 16.3 Å². The van der Waals surface area contributed by atoms with Gasteiger partial charge in [-0.1, -0.05) is 24.3 Å². The van der Waals surface area contributed by atoms with E-state index < -0.39 is 10.0 Å². The van der Waals surface area contributed by atoms with Crippen molar-refractivity contribution in [3.05, 3.63) is 66.5 Å². The summed E-state index contributed by atoms with van der Waals surface area (Å²) in [5, 5.41) is 3.97. The monoisotopic (exact) mass is 577 g/mol. The molecule has 5 rings (SSSR count). The molecule has 2 aromatic carbocycles. The number of benzene rings is 2. The van der Waals surface area contributed by atoms with Gasteiger partial charge in [-0.15, -0.1) is 0 Å². The minimum atomic E-state index is -4.01. The van der Waals surface area contributed by atoms with Crippen LogP contribution in [0.5, 0.6) is 17.4 Å². The van der Waals surface area contributed by atoms with Crippen molar-refractivity contribution < 1.29 is 17.9 Å². The fraction of sp³-hybridized carbons (Fsp3) is 0.345. The summed E-state index contributed by atoms with van der Waals surface area (Å²) in [7, 11) is -0.241. The Bertz CT molecular complexity index is 1610. The highest BCUT2D eigenvalue weighted by Gasteiger charge is 2.25. The van der Waals surface area contributed by atoms with Crippen molar-refractivity contribution in [3.63, 3.8) is 0 Å². The Morgan fingerprint density at radius 2 is 1.66 bits per heavy atom. The van der Waals surface area contributed by atoms with E-state index in [0.29, 0.717) is 17.2 Å². The first-order valence-electron chi connectivity index (χ1n) is 13.5. The number of aromatic nitrogens is 4. The largest absolute Gasteiger partial charge is 0.484 e. The van der Waals surface area contributed by atoms with E-state index >= 15 is 0 Å². The van der Waals surface area contributed by atoms with Crippen molar-refractivity contribution in [1.29, 1.82) is 0 Å². The second-order valence-corrected chi connectivity index (χ2v) is 12.0. The van der Waals surface area contributed by atoms with Crippen LogP contribution in [0.4, 0.5) is 11.6 Å². The van der Waals surface area contributed by atoms with Crippen molar-refractivity contribution in [3.8, 4) is 28.6 Å². The Morgan fingerprint density at radius 1 is 0.951 bits per heavy atom. The van der Waals surface area contributed by atoms with E-state index in [1.54, 1.807) is 7.05 Å². The zero-order valence-corrected chi connectivity index (χ0v) is 24.7. The average Bonchev–Trinajstić information content (AvgIpc) is 3.38. The molecule has 0 bridgehead atoms. The number of sulfonamides is 1. The summed E-state index contributed by atoms with van der Waals surface area (Å²) in [4.78, 5) is 13.7. The first kappa shape index (κ1) is 28.4. The van der Waals surface area contributed by atoms with Gasteiger partial charge in [-0.2, -0.15) is 10.1 Å². The summed E-state index contributed by atoms with van der Waals surface area (Å²) in [6.45, 7) is 9.67. The molecule has 3 heterocycles. The molecule has 1 saturated heterocycles. The zero-order valence-electron chi connectivity index (χ0n) is 23.9. The Morgan fingerprint density at radius 3 is 2.29 bits per heavy atom. The molecule has 0 unspecified atom stereocenters. The van der Waals surface area contributed by atoms with Gasteiger partial charge in [0.05, 0.1) is 12.3 Å². The molecule has 1 aliphatic rings. The number of nitrogens with zero attached hydrogens (tertiary/aromatic N) is 6. The predicted molar refractivity (Wildman–Crippen MR) is 158 cm³/mol. The minimum absolute atomic E-state index is 0.00878. The Kier molecular flexibility index (Phi) is 8.13. The molecular formula is C29H35N7O4S. The molecule has 4 aromatic rings. The molecule has 0 atom stereocenters. The maximum absolute atomic E-state index is 13.1. The van der Waals surface area contributed by atoms with Gasteiger partial charge in [0.15, 0.2) is 0 Å². The van der Waals surface area contributed by atoms with Crippen molar-refractivity contribution in [1.82, 2.24) is 24.6 Å². The molecule has 0 radical (unpaired) electrons. The summed E-state index contributed by atoms with van der Waals surface area (Å²) in [5.41, 5.74) is 3.23. The van der Waals surface area contributed by atoms with Crippen LogP contribution >= 0.6 is 0 Å². The van der Waals surface area contributed by atoms with E-state index in [9.17, 15) is 8.42 Å². The van der Waals surface area contributed by atoms with Gasteiger partial charge in [-0.05, 0) is 57.6 Å². The number of anilines is 2. The average molecular weight is 578 g/mol. The Labute approximate surface area is 240 Å². The zero-order chi connectivity index (χ0) is 29.1. The molecule has 216 valence electrons. The number of hydrogen-bond acceptors (Lipinski definition) is 9. The fourth-order valence-corrected chi connectivity index (χ4v) is 5.45. The summed E-state index contributed by atoms with van der Waals surface area (Å²) >= 11 is 0. The van der Waals surface area contributed by atoms with Crippen LogP contribution in [0.3, 0.4) is 0 Å². The number of aryl methyl sites for hydroxylation is 2. The van der Waals surface area contributed by atoms with Crippen LogP contribution < -0.4 is 19.1 Å². The van der Waals surface area contributed by atoms with Crippen LogP contribution in [0.15, 0.2) is 65.8 Å². The van der Waals surface area contributed by atoms with Crippen LogP contribution in [0.25, 0.3) is 11.3 Å². The van der Waals surface area contributed by atoms with Gasteiger partial charge in [0.25, 0.3) is 15.9 Å². The number of piperazine rings is 1. The van der Waals surface area contributed by atoms with Crippen LogP contribution in [0.2, 0.25) is 0 Å². The molecular weight excluding hydrogens is 542 g/mol. The molecule has 1 N–H and O–H groups in total. The van der Waals surface area contributed by atoms with Crippen molar-refractivity contribution in [2.45, 2.75) is 31.8 Å². The van der Waals surface area contributed by atoms with Gasteiger partial charge >= 0.3 is 0 Å². The molecule has 1 aliphatic heterocycles. The van der Waals surface area contributed by atoms with E-state index in [4.69, 9.17) is 9.47 Å².